The van der Waals surface area contributed by atoms with Crippen molar-refractivity contribution in [2.24, 2.45) is 5.73 Å². The van der Waals surface area contributed by atoms with Crippen LogP contribution in [-0.4, -0.2) is 38.1 Å². The van der Waals surface area contributed by atoms with E-state index in [1.807, 2.05) is 0 Å². The van der Waals surface area contributed by atoms with Crippen molar-refractivity contribution in [2.75, 3.05) is 24.8 Å². The Labute approximate surface area is 111 Å². The lowest BCUT2D eigenvalue weighted by atomic mass is 10.3. The summed E-state index contributed by atoms with van der Waals surface area (Å²) in [5, 5.41) is 11.4. The van der Waals surface area contributed by atoms with Gasteiger partial charge in [0.2, 0.25) is 0 Å². The average Bonchev–Trinajstić information content (AvgIpc) is 2.28. The Morgan fingerprint density at radius 3 is 2.72 bits per heavy atom. The summed E-state index contributed by atoms with van der Waals surface area (Å²) < 4.78 is 28.6. The van der Waals surface area contributed by atoms with Crippen molar-refractivity contribution in [1.82, 2.24) is 0 Å². The van der Waals surface area contributed by atoms with Gasteiger partial charge in [0.15, 0.2) is 14.9 Å². The standard InChI is InChI=1S/C10H14N2O4S2/c1-16-9-3-2-7(18(14,15)5-4-13)6-8(9)12-10(11)17/h2-3,6,13H,4-5H2,1H3,(H3,11,12,17). The predicted molar refractivity (Wildman–Crippen MR) is 72.5 cm³/mol. The number of hydrogen-bond donors (Lipinski definition) is 3. The minimum atomic E-state index is -3.52. The van der Waals surface area contributed by atoms with Gasteiger partial charge < -0.3 is 20.9 Å². The van der Waals surface area contributed by atoms with Gasteiger partial charge in [-0.15, -0.1) is 0 Å². The Morgan fingerprint density at radius 2 is 2.22 bits per heavy atom. The third-order valence-electron chi connectivity index (χ3n) is 2.15. The number of thiocarbonyl (C=S) groups is 1. The topological polar surface area (TPSA) is 102 Å². The molecular weight excluding hydrogens is 276 g/mol. The zero-order valence-corrected chi connectivity index (χ0v) is 11.3. The number of anilines is 1. The van der Waals surface area contributed by atoms with E-state index in [1.54, 1.807) is 0 Å². The van der Waals surface area contributed by atoms with E-state index in [2.05, 4.69) is 5.32 Å². The van der Waals surface area contributed by atoms with Crippen LogP contribution in [0.3, 0.4) is 0 Å². The SMILES string of the molecule is COc1ccc(S(=O)(=O)CCO)cc1NC(N)=S. The maximum absolute atomic E-state index is 11.8. The van der Waals surface area contributed by atoms with E-state index in [4.69, 9.17) is 27.8 Å². The fraction of sp³-hybridized carbons (Fsp3) is 0.300. The summed E-state index contributed by atoms with van der Waals surface area (Å²) in [7, 11) is -2.08. The van der Waals surface area contributed by atoms with Crippen molar-refractivity contribution in [2.45, 2.75) is 4.90 Å². The van der Waals surface area contributed by atoms with E-state index in [0.717, 1.165) is 0 Å². The van der Waals surface area contributed by atoms with E-state index in [-0.39, 0.29) is 15.8 Å². The number of nitrogens with one attached hydrogen (secondary N) is 1. The van der Waals surface area contributed by atoms with Gasteiger partial charge in [-0.25, -0.2) is 8.42 Å². The van der Waals surface area contributed by atoms with Crippen LogP contribution in [0, 0.1) is 0 Å². The van der Waals surface area contributed by atoms with Crippen LogP contribution in [0.15, 0.2) is 23.1 Å². The first-order chi connectivity index (χ1) is 8.40. The van der Waals surface area contributed by atoms with Crippen molar-refractivity contribution in [1.29, 1.82) is 0 Å². The zero-order valence-electron chi connectivity index (χ0n) is 9.71. The molecule has 0 bridgehead atoms. The Kier molecular flexibility index (Phi) is 4.88. The molecule has 100 valence electrons. The molecule has 0 fully saturated rings. The molecule has 0 saturated heterocycles. The van der Waals surface area contributed by atoms with E-state index in [0.29, 0.717) is 11.4 Å². The molecule has 0 aliphatic carbocycles. The van der Waals surface area contributed by atoms with Gasteiger partial charge in [-0.2, -0.15) is 0 Å². The van der Waals surface area contributed by atoms with E-state index in [1.165, 1.54) is 25.3 Å². The van der Waals surface area contributed by atoms with Gasteiger partial charge in [0.25, 0.3) is 0 Å². The number of hydrogen-bond acceptors (Lipinski definition) is 5. The lowest BCUT2D eigenvalue weighted by Crippen LogP contribution is -2.20. The molecule has 0 unspecified atom stereocenters. The van der Waals surface area contributed by atoms with E-state index < -0.39 is 16.4 Å². The van der Waals surface area contributed by atoms with Crippen molar-refractivity contribution >= 4 is 32.9 Å². The Bertz CT molecular complexity index is 543. The van der Waals surface area contributed by atoms with Gasteiger partial charge in [0.1, 0.15) is 5.75 Å². The summed E-state index contributed by atoms with van der Waals surface area (Å²) in [6.07, 6.45) is 0. The second kappa shape index (κ2) is 5.98. The smallest absolute Gasteiger partial charge is 0.180 e. The minimum Gasteiger partial charge on any atom is -0.495 e. The van der Waals surface area contributed by atoms with Crippen LogP contribution in [0.5, 0.6) is 5.75 Å². The van der Waals surface area contributed by atoms with E-state index >= 15 is 0 Å². The summed E-state index contributed by atoms with van der Waals surface area (Å²) in [5.41, 5.74) is 5.71. The van der Waals surface area contributed by atoms with Gasteiger partial charge in [0.05, 0.1) is 30.1 Å². The van der Waals surface area contributed by atoms with Crippen molar-refractivity contribution in [3.63, 3.8) is 0 Å². The molecule has 0 atom stereocenters. The Hall–Kier alpha value is -1.38. The van der Waals surface area contributed by atoms with Gasteiger partial charge >= 0.3 is 0 Å². The number of methoxy groups -OCH3 is 1. The first kappa shape index (κ1) is 14.7. The first-order valence-corrected chi connectivity index (χ1v) is 7.05. The fourth-order valence-electron chi connectivity index (χ4n) is 1.35. The summed E-state index contributed by atoms with van der Waals surface area (Å²) >= 11 is 4.69. The Balaban J connectivity index is 3.22. The van der Waals surface area contributed by atoms with E-state index in [9.17, 15) is 8.42 Å². The second-order valence-electron chi connectivity index (χ2n) is 3.39. The summed E-state index contributed by atoms with van der Waals surface area (Å²) in [5.74, 6) is 0.0806. The summed E-state index contributed by atoms with van der Waals surface area (Å²) in [6.45, 7) is -0.438. The number of nitrogens with two attached hydrogens (primary N) is 1. The maximum Gasteiger partial charge on any atom is 0.180 e. The van der Waals surface area contributed by atoms with Gasteiger partial charge in [-0.3, -0.25) is 0 Å². The number of aliphatic hydroxyl groups is 1. The molecule has 1 aromatic rings. The number of rotatable bonds is 5. The molecule has 8 heteroatoms. The quantitative estimate of drug-likeness (QED) is 0.662. The van der Waals surface area contributed by atoms with Crippen LogP contribution in [0.25, 0.3) is 0 Å². The molecule has 0 amide bonds. The molecule has 18 heavy (non-hydrogen) atoms. The maximum atomic E-state index is 11.8. The fourth-order valence-corrected chi connectivity index (χ4v) is 2.51. The molecule has 0 aliphatic heterocycles. The minimum absolute atomic E-state index is 0.00464. The molecule has 6 nitrogen and oxygen atoms in total. The summed E-state index contributed by atoms with van der Waals surface area (Å²) in [4.78, 5) is 0.0658. The summed E-state index contributed by atoms with van der Waals surface area (Å²) in [6, 6.07) is 4.25. The third-order valence-corrected chi connectivity index (χ3v) is 3.94. The van der Waals surface area contributed by atoms with Crippen LogP contribution in [0.1, 0.15) is 0 Å². The van der Waals surface area contributed by atoms with Crippen LogP contribution >= 0.6 is 12.2 Å². The van der Waals surface area contributed by atoms with Gasteiger partial charge in [-0.1, -0.05) is 0 Å². The zero-order chi connectivity index (χ0) is 13.8. The van der Waals surface area contributed by atoms with Crippen LogP contribution < -0.4 is 15.8 Å². The normalized spacial score (nSPS) is 11.0. The second-order valence-corrected chi connectivity index (χ2v) is 5.94. The van der Waals surface area contributed by atoms with Crippen LogP contribution in [-0.2, 0) is 9.84 Å². The monoisotopic (exact) mass is 290 g/mol. The largest absolute Gasteiger partial charge is 0.495 e. The number of aliphatic hydroxyl groups excluding tert-OH is 1. The first-order valence-electron chi connectivity index (χ1n) is 4.99. The van der Waals surface area contributed by atoms with Crippen LogP contribution in [0.2, 0.25) is 0 Å². The number of benzene rings is 1. The Morgan fingerprint density at radius 1 is 1.56 bits per heavy atom. The highest BCUT2D eigenvalue weighted by Crippen LogP contribution is 2.27. The van der Waals surface area contributed by atoms with Crippen molar-refractivity contribution < 1.29 is 18.3 Å². The average molecular weight is 290 g/mol. The number of ether oxygens (including phenoxy) is 1. The molecule has 1 aromatic carbocycles. The third kappa shape index (κ3) is 3.56. The lowest BCUT2D eigenvalue weighted by molar-refractivity contribution is 0.319. The highest BCUT2D eigenvalue weighted by molar-refractivity contribution is 7.91. The lowest BCUT2D eigenvalue weighted by Gasteiger charge is -2.11. The molecular formula is C10H14N2O4S2. The van der Waals surface area contributed by atoms with Crippen LogP contribution in [0.4, 0.5) is 5.69 Å². The predicted octanol–water partition coefficient (Wildman–Crippen LogP) is 0.117. The number of sulfone groups is 1. The molecule has 0 radical (unpaired) electrons. The van der Waals surface area contributed by atoms with Crippen molar-refractivity contribution in [3.8, 4) is 5.75 Å². The molecule has 0 spiro atoms. The molecule has 0 aliphatic rings. The van der Waals surface area contributed by atoms with Crippen molar-refractivity contribution in [3.05, 3.63) is 18.2 Å². The van der Waals surface area contributed by atoms with Gasteiger partial charge in [-0.05, 0) is 30.4 Å². The molecule has 1 rings (SSSR count). The molecule has 0 saturated carbocycles. The highest BCUT2D eigenvalue weighted by atomic mass is 32.2. The molecule has 0 heterocycles. The molecule has 0 aromatic heterocycles. The molecule has 4 N–H and O–H groups in total. The van der Waals surface area contributed by atoms with Gasteiger partial charge in [0, 0.05) is 0 Å². The highest BCUT2D eigenvalue weighted by Gasteiger charge is 2.16.